The van der Waals surface area contributed by atoms with Crippen LogP contribution in [0.3, 0.4) is 0 Å². The lowest BCUT2D eigenvalue weighted by molar-refractivity contribution is -0.120. The van der Waals surface area contributed by atoms with E-state index in [4.69, 9.17) is 0 Å². The molecule has 0 spiro atoms. The van der Waals surface area contributed by atoms with Crippen LogP contribution in [0.1, 0.15) is 22.3 Å². The van der Waals surface area contributed by atoms with Crippen LogP contribution in [0.5, 0.6) is 0 Å². The highest BCUT2D eigenvalue weighted by Crippen LogP contribution is 2.27. The number of thiazole rings is 1. The fourth-order valence-corrected chi connectivity index (χ4v) is 2.84. The first-order valence-electron chi connectivity index (χ1n) is 7.54. The fraction of sp³-hybridized carbons (Fsp3) is 0.250. The summed E-state index contributed by atoms with van der Waals surface area (Å²) in [5.41, 5.74) is 6.01. The Morgan fingerprint density at radius 3 is 2.56 bits per heavy atom. The van der Waals surface area contributed by atoms with Gasteiger partial charge in [0.15, 0.2) is 0 Å². The van der Waals surface area contributed by atoms with Crippen molar-refractivity contribution in [2.45, 2.75) is 13.8 Å². The SMILES string of the molecule is CCOC(=O)NCC(=O)NNC(=O)c1sc(-c2ccccc2)nc1C. The number of nitrogens with zero attached hydrogens (tertiary/aromatic N) is 1. The number of hydrazine groups is 1. The average Bonchev–Trinajstić information content (AvgIpc) is 3.01. The second-order valence-electron chi connectivity index (χ2n) is 4.88. The predicted octanol–water partition coefficient (Wildman–Crippen LogP) is 1.63. The van der Waals surface area contributed by atoms with Gasteiger partial charge in [0, 0.05) is 5.56 Å². The molecule has 0 saturated carbocycles. The van der Waals surface area contributed by atoms with Crippen LogP contribution < -0.4 is 16.2 Å². The van der Waals surface area contributed by atoms with Crippen LogP contribution >= 0.6 is 11.3 Å². The lowest BCUT2D eigenvalue weighted by atomic mass is 10.2. The van der Waals surface area contributed by atoms with Crippen molar-refractivity contribution in [2.75, 3.05) is 13.2 Å². The van der Waals surface area contributed by atoms with Crippen LogP contribution in [0, 0.1) is 6.92 Å². The number of ether oxygens (including phenoxy) is 1. The number of rotatable bonds is 5. The lowest BCUT2D eigenvalue weighted by Gasteiger charge is -2.07. The Bertz CT molecular complexity index is 761. The molecule has 0 bridgehead atoms. The molecule has 0 unspecified atom stereocenters. The van der Waals surface area contributed by atoms with E-state index in [9.17, 15) is 14.4 Å². The van der Waals surface area contributed by atoms with Crippen LogP contribution in [0.15, 0.2) is 30.3 Å². The number of nitrogens with one attached hydrogen (secondary N) is 3. The molecular formula is C16H18N4O4S. The third-order valence-electron chi connectivity index (χ3n) is 3.01. The molecule has 0 aliphatic rings. The van der Waals surface area contributed by atoms with E-state index in [2.05, 4.69) is 25.9 Å². The van der Waals surface area contributed by atoms with Crippen molar-refractivity contribution in [1.29, 1.82) is 0 Å². The van der Waals surface area contributed by atoms with E-state index >= 15 is 0 Å². The van der Waals surface area contributed by atoms with E-state index in [0.717, 1.165) is 10.6 Å². The molecule has 1 aromatic carbocycles. The van der Waals surface area contributed by atoms with Gasteiger partial charge in [-0.05, 0) is 13.8 Å². The maximum Gasteiger partial charge on any atom is 0.407 e. The highest BCUT2D eigenvalue weighted by Gasteiger charge is 2.16. The minimum atomic E-state index is -0.699. The summed E-state index contributed by atoms with van der Waals surface area (Å²) in [7, 11) is 0. The maximum atomic E-state index is 12.2. The third-order valence-corrected chi connectivity index (χ3v) is 4.21. The van der Waals surface area contributed by atoms with Gasteiger partial charge in [-0.2, -0.15) is 0 Å². The van der Waals surface area contributed by atoms with E-state index in [-0.39, 0.29) is 13.2 Å². The highest BCUT2D eigenvalue weighted by atomic mass is 32.1. The van der Waals surface area contributed by atoms with E-state index < -0.39 is 17.9 Å². The minimum Gasteiger partial charge on any atom is -0.450 e. The number of alkyl carbamates (subject to hydrolysis) is 1. The maximum absolute atomic E-state index is 12.2. The number of amides is 3. The molecule has 2 rings (SSSR count). The Kier molecular flexibility index (Phi) is 6.47. The topological polar surface area (TPSA) is 109 Å². The monoisotopic (exact) mass is 362 g/mol. The van der Waals surface area contributed by atoms with Crippen LogP contribution in [0.2, 0.25) is 0 Å². The summed E-state index contributed by atoms with van der Waals surface area (Å²) < 4.78 is 4.62. The molecule has 0 fully saturated rings. The molecule has 8 nitrogen and oxygen atoms in total. The Morgan fingerprint density at radius 1 is 1.16 bits per heavy atom. The van der Waals surface area contributed by atoms with Gasteiger partial charge in [0.1, 0.15) is 16.4 Å². The summed E-state index contributed by atoms with van der Waals surface area (Å²) in [6.07, 6.45) is -0.699. The van der Waals surface area contributed by atoms with Gasteiger partial charge in [0.25, 0.3) is 11.8 Å². The fourth-order valence-electron chi connectivity index (χ4n) is 1.87. The van der Waals surface area contributed by atoms with Crippen LogP contribution in [0.4, 0.5) is 4.79 Å². The molecule has 0 saturated heterocycles. The van der Waals surface area contributed by atoms with Crippen LogP contribution in [0.25, 0.3) is 10.6 Å². The molecule has 0 atom stereocenters. The van der Waals surface area contributed by atoms with E-state index in [1.807, 2.05) is 30.3 Å². The van der Waals surface area contributed by atoms with Gasteiger partial charge in [-0.3, -0.25) is 20.4 Å². The van der Waals surface area contributed by atoms with E-state index in [1.54, 1.807) is 13.8 Å². The number of hydrogen-bond donors (Lipinski definition) is 3. The lowest BCUT2D eigenvalue weighted by Crippen LogP contribution is -2.46. The first kappa shape index (κ1) is 18.4. The molecule has 3 N–H and O–H groups in total. The summed E-state index contributed by atoms with van der Waals surface area (Å²) in [5.74, 6) is -1.05. The number of aryl methyl sites for hydroxylation is 1. The van der Waals surface area contributed by atoms with Crippen LogP contribution in [-0.2, 0) is 9.53 Å². The van der Waals surface area contributed by atoms with E-state index in [1.165, 1.54) is 11.3 Å². The standard InChI is InChI=1S/C16H18N4O4S/c1-3-24-16(23)17-9-12(21)19-20-14(22)13-10(2)18-15(25-13)11-7-5-4-6-8-11/h4-8H,3,9H2,1-2H3,(H,17,23)(H,19,21)(H,20,22). The van der Waals surface area contributed by atoms with Crippen molar-refractivity contribution in [3.05, 3.63) is 40.9 Å². The normalized spacial score (nSPS) is 10.0. The zero-order chi connectivity index (χ0) is 18.2. The Morgan fingerprint density at radius 2 is 1.88 bits per heavy atom. The zero-order valence-corrected chi connectivity index (χ0v) is 14.6. The van der Waals surface area contributed by atoms with Crippen LogP contribution in [-0.4, -0.2) is 36.0 Å². The van der Waals surface area contributed by atoms with Gasteiger partial charge in [-0.15, -0.1) is 11.3 Å². The van der Waals surface area contributed by atoms with Crippen molar-refractivity contribution in [3.63, 3.8) is 0 Å². The van der Waals surface area contributed by atoms with Crippen molar-refractivity contribution >= 4 is 29.2 Å². The van der Waals surface area contributed by atoms with E-state index in [0.29, 0.717) is 10.6 Å². The number of aromatic nitrogens is 1. The molecular weight excluding hydrogens is 344 g/mol. The quantitative estimate of drug-likeness (QED) is 0.700. The van der Waals surface area contributed by atoms with Gasteiger partial charge in [0.2, 0.25) is 0 Å². The molecule has 3 amide bonds. The van der Waals surface area contributed by atoms with Gasteiger partial charge < -0.3 is 10.1 Å². The van der Waals surface area contributed by atoms with Gasteiger partial charge in [0.05, 0.1) is 12.3 Å². The van der Waals surface area contributed by atoms with Crippen molar-refractivity contribution in [1.82, 2.24) is 21.2 Å². The molecule has 0 radical (unpaired) electrons. The Labute approximate surface area is 148 Å². The summed E-state index contributed by atoms with van der Waals surface area (Å²) in [6, 6.07) is 9.49. The van der Waals surface area contributed by atoms with Gasteiger partial charge >= 0.3 is 6.09 Å². The summed E-state index contributed by atoms with van der Waals surface area (Å²) in [4.78, 5) is 39.6. The zero-order valence-electron chi connectivity index (χ0n) is 13.8. The predicted molar refractivity (Wildman–Crippen MR) is 92.9 cm³/mol. The molecule has 132 valence electrons. The molecule has 2 aromatic rings. The van der Waals surface area contributed by atoms with Gasteiger partial charge in [-0.25, -0.2) is 9.78 Å². The average molecular weight is 362 g/mol. The first-order chi connectivity index (χ1) is 12.0. The second-order valence-corrected chi connectivity index (χ2v) is 5.87. The summed E-state index contributed by atoms with van der Waals surface area (Å²) in [6.45, 7) is 3.28. The first-order valence-corrected chi connectivity index (χ1v) is 8.35. The summed E-state index contributed by atoms with van der Waals surface area (Å²) in [5, 5.41) is 2.97. The third kappa shape index (κ3) is 5.28. The molecule has 25 heavy (non-hydrogen) atoms. The molecule has 9 heteroatoms. The molecule has 0 aliphatic carbocycles. The number of carbonyl (C=O) groups is 3. The minimum absolute atomic E-state index is 0.207. The molecule has 1 aromatic heterocycles. The number of carbonyl (C=O) groups excluding carboxylic acids is 3. The summed E-state index contributed by atoms with van der Waals surface area (Å²) >= 11 is 1.23. The second kappa shape index (κ2) is 8.78. The van der Waals surface area contributed by atoms with Crippen molar-refractivity contribution < 1.29 is 19.1 Å². The van der Waals surface area contributed by atoms with Gasteiger partial charge in [-0.1, -0.05) is 30.3 Å². The smallest absolute Gasteiger partial charge is 0.407 e. The molecule has 1 heterocycles. The molecule has 0 aliphatic heterocycles. The number of benzene rings is 1. The Hall–Kier alpha value is -2.94. The van der Waals surface area contributed by atoms with Crippen molar-refractivity contribution in [2.24, 2.45) is 0 Å². The largest absolute Gasteiger partial charge is 0.450 e. The highest BCUT2D eigenvalue weighted by molar-refractivity contribution is 7.17. The van der Waals surface area contributed by atoms with Crippen molar-refractivity contribution in [3.8, 4) is 10.6 Å². The number of hydrogen-bond acceptors (Lipinski definition) is 6. The Balaban J connectivity index is 1.90.